The zero-order valence-corrected chi connectivity index (χ0v) is 8.35. The van der Waals surface area contributed by atoms with Crippen molar-refractivity contribution in [2.45, 2.75) is 0 Å². The standard InChI is InChI=1S/C12H9FN2O/c13-9-3-1-2-8(6-9)12(16)10-4-5-15-7-11(10)14/h1-7H,14H2. The molecule has 80 valence electrons. The molecule has 1 aromatic carbocycles. The van der Waals surface area contributed by atoms with E-state index < -0.39 is 5.82 Å². The molecule has 0 radical (unpaired) electrons. The molecule has 3 nitrogen and oxygen atoms in total. The van der Waals surface area contributed by atoms with Gasteiger partial charge in [-0.1, -0.05) is 12.1 Å². The van der Waals surface area contributed by atoms with Crippen molar-refractivity contribution in [1.82, 2.24) is 4.98 Å². The van der Waals surface area contributed by atoms with Gasteiger partial charge in [0.15, 0.2) is 5.78 Å². The third kappa shape index (κ3) is 1.91. The highest BCUT2D eigenvalue weighted by atomic mass is 19.1. The molecule has 2 N–H and O–H groups in total. The number of halogens is 1. The van der Waals surface area contributed by atoms with Crippen LogP contribution in [0.15, 0.2) is 42.7 Å². The average Bonchev–Trinajstić information content (AvgIpc) is 2.29. The molecule has 0 aliphatic rings. The molecular formula is C12H9FN2O. The van der Waals surface area contributed by atoms with Crippen molar-refractivity contribution in [1.29, 1.82) is 0 Å². The van der Waals surface area contributed by atoms with Crippen molar-refractivity contribution in [2.75, 3.05) is 5.73 Å². The van der Waals surface area contributed by atoms with E-state index in [9.17, 15) is 9.18 Å². The summed E-state index contributed by atoms with van der Waals surface area (Å²) in [4.78, 5) is 15.7. The first-order valence-electron chi connectivity index (χ1n) is 4.68. The van der Waals surface area contributed by atoms with Crippen LogP contribution in [0.3, 0.4) is 0 Å². The van der Waals surface area contributed by atoms with E-state index in [0.717, 1.165) is 0 Å². The molecule has 0 atom stereocenters. The predicted molar refractivity (Wildman–Crippen MR) is 58.5 cm³/mol. The van der Waals surface area contributed by atoms with Crippen LogP contribution in [0.25, 0.3) is 0 Å². The summed E-state index contributed by atoms with van der Waals surface area (Å²) in [5, 5.41) is 0. The Bertz CT molecular complexity index is 540. The van der Waals surface area contributed by atoms with Crippen LogP contribution in [0.2, 0.25) is 0 Å². The molecule has 0 saturated carbocycles. The van der Waals surface area contributed by atoms with Gasteiger partial charge in [0.2, 0.25) is 0 Å². The van der Waals surface area contributed by atoms with Crippen LogP contribution in [-0.2, 0) is 0 Å². The van der Waals surface area contributed by atoms with E-state index >= 15 is 0 Å². The summed E-state index contributed by atoms with van der Waals surface area (Å²) >= 11 is 0. The van der Waals surface area contributed by atoms with Gasteiger partial charge in [-0.2, -0.15) is 0 Å². The smallest absolute Gasteiger partial charge is 0.195 e. The van der Waals surface area contributed by atoms with Gasteiger partial charge >= 0.3 is 0 Å². The number of benzene rings is 1. The molecule has 16 heavy (non-hydrogen) atoms. The summed E-state index contributed by atoms with van der Waals surface area (Å²) < 4.78 is 12.9. The first-order valence-corrected chi connectivity index (χ1v) is 4.68. The summed E-state index contributed by atoms with van der Waals surface area (Å²) in [5.41, 5.74) is 6.52. The van der Waals surface area contributed by atoms with Crippen LogP contribution >= 0.6 is 0 Å². The van der Waals surface area contributed by atoms with Crippen molar-refractivity contribution >= 4 is 11.5 Å². The van der Waals surface area contributed by atoms with E-state index in [4.69, 9.17) is 5.73 Å². The fourth-order valence-electron chi connectivity index (χ4n) is 1.40. The van der Waals surface area contributed by atoms with Crippen molar-refractivity contribution in [2.24, 2.45) is 0 Å². The molecule has 0 aliphatic heterocycles. The molecule has 0 fully saturated rings. The van der Waals surface area contributed by atoms with E-state index in [2.05, 4.69) is 4.98 Å². The number of pyridine rings is 1. The Kier molecular flexibility index (Phi) is 2.64. The molecular weight excluding hydrogens is 207 g/mol. The Morgan fingerprint density at radius 3 is 2.81 bits per heavy atom. The number of nitrogens with zero attached hydrogens (tertiary/aromatic N) is 1. The summed E-state index contributed by atoms with van der Waals surface area (Å²) in [7, 11) is 0. The highest BCUT2D eigenvalue weighted by Crippen LogP contribution is 2.15. The number of aromatic nitrogens is 1. The van der Waals surface area contributed by atoms with Crippen LogP contribution in [0, 0.1) is 5.82 Å². The third-order valence-electron chi connectivity index (χ3n) is 2.18. The highest BCUT2D eigenvalue weighted by molar-refractivity contribution is 6.11. The third-order valence-corrected chi connectivity index (χ3v) is 2.18. The van der Waals surface area contributed by atoms with E-state index in [-0.39, 0.29) is 17.0 Å². The summed E-state index contributed by atoms with van der Waals surface area (Å²) in [5.74, 6) is -0.752. The molecule has 1 heterocycles. The molecule has 0 unspecified atom stereocenters. The van der Waals surface area contributed by atoms with Gasteiger partial charge in [-0.25, -0.2) is 4.39 Å². The van der Waals surface area contributed by atoms with Gasteiger partial charge in [-0.05, 0) is 18.2 Å². The number of nitrogens with two attached hydrogens (primary N) is 1. The van der Waals surface area contributed by atoms with Crippen LogP contribution in [0.1, 0.15) is 15.9 Å². The van der Waals surface area contributed by atoms with Crippen LogP contribution in [-0.4, -0.2) is 10.8 Å². The minimum atomic E-state index is -0.446. The Balaban J connectivity index is 2.44. The lowest BCUT2D eigenvalue weighted by Crippen LogP contribution is -2.05. The monoisotopic (exact) mass is 216 g/mol. The van der Waals surface area contributed by atoms with E-state index in [1.54, 1.807) is 6.07 Å². The van der Waals surface area contributed by atoms with Gasteiger partial charge < -0.3 is 5.73 Å². The molecule has 1 aromatic heterocycles. The SMILES string of the molecule is Nc1cnccc1C(=O)c1cccc(F)c1. The highest BCUT2D eigenvalue weighted by Gasteiger charge is 2.12. The quantitative estimate of drug-likeness (QED) is 0.781. The number of rotatable bonds is 2. The molecule has 2 rings (SSSR count). The topological polar surface area (TPSA) is 56.0 Å². The second kappa shape index (κ2) is 4.10. The van der Waals surface area contributed by atoms with Gasteiger partial charge in [-0.15, -0.1) is 0 Å². The van der Waals surface area contributed by atoms with Crippen molar-refractivity contribution in [3.8, 4) is 0 Å². The Labute approximate surface area is 91.7 Å². The number of ketones is 1. The number of hydrogen-bond donors (Lipinski definition) is 1. The Hall–Kier alpha value is -2.23. The fourth-order valence-corrected chi connectivity index (χ4v) is 1.40. The largest absolute Gasteiger partial charge is 0.397 e. The average molecular weight is 216 g/mol. The number of hydrogen-bond acceptors (Lipinski definition) is 3. The van der Waals surface area contributed by atoms with Gasteiger partial charge in [0, 0.05) is 17.3 Å². The molecule has 0 spiro atoms. The first-order chi connectivity index (χ1) is 7.68. The molecule has 0 aliphatic carbocycles. The van der Waals surface area contributed by atoms with Gasteiger partial charge in [0.25, 0.3) is 0 Å². The van der Waals surface area contributed by atoms with Crippen LogP contribution in [0.4, 0.5) is 10.1 Å². The van der Waals surface area contributed by atoms with Gasteiger partial charge in [0.05, 0.1) is 11.9 Å². The zero-order chi connectivity index (χ0) is 11.5. The van der Waals surface area contributed by atoms with E-state index in [1.807, 2.05) is 0 Å². The molecule has 0 amide bonds. The maximum Gasteiger partial charge on any atom is 0.195 e. The lowest BCUT2D eigenvalue weighted by molar-refractivity contribution is 0.103. The number of anilines is 1. The van der Waals surface area contributed by atoms with Crippen LogP contribution in [0.5, 0.6) is 0 Å². The predicted octanol–water partition coefficient (Wildman–Crippen LogP) is 2.03. The Morgan fingerprint density at radius 2 is 2.12 bits per heavy atom. The maximum atomic E-state index is 12.9. The maximum absolute atomic E-state index is 12.9. The zero-order valence-electron chi connectivity index (χ0n) is 8.35. The molecule has 0 saturated heterocycles. The fraction of sp³-hybridized carbons (Fsp3) is 0. The minimum absolute atomic E-state index is 0.276. The van der Waals surface area contributed by atoms with Gasteiger partial charge in [0.1, 0.15) is 5.82 Å². The van der Waals surface area contributed by atoms with Crippen LogP contribution < -0.4 is 5.73 Å². The lowest BCUT2D eigenvalue weighted by Gasteiger charge is -2.03. The number of nitrogen functional groups attached to an aromatic ring is 1. The molecule has 4 heteroatoms. The normalized spacial score (nSPS) is 10.1. The van der Waals surface area contributed by atoms with Gasteiger partial charge in [-0.3, -0.25) is 9.78 Å². The van der Waals surface area contributed by atoms with Crippen molar-refractivity contribution < 1.29 is 9.18 Å². The lowest BCUT2D eigenvalue weighted by atomic mass is 10.0. The second-order valence-corrected chi connectivity index (χ2v) is 3.30. The Morgan fingerprint density at radius 1 is 1.31 bits per heavy atom. The van der Waals surface area contributed by atoms with Crippen molar-refractivity contribution in [3.63, 3.8) is 0 Å². The molecule has 0 bridgehead atoms. The second-order valence-electron chi connectivity index (χ2n) is 3.30. The van der Waals surface area contributed by atoms with Crippen molar-refractivity contribution in [3.05, 3.63) is 59.7 Å². The minimum Gasteiger partial charge on any atom is -0.397 e. The summed E-state index contributed by atoms with van der Waals surface area (Å²) in [6.07, 6.45) is 2.87. The van der Waals surface area contributed by atoms with E-state index in [1.165, 1.54) is 36.7 Å². The van der Waals surface area contributed by atoms with E-state index in [0.29, 0.717) is 5.56 Å². The summed E-state index contributed by atoms with van der Waals surface area (Å²) in [6, 6.07) is 7.02. The number of carbonyl (C=O) groups excluding carboxylic acids is 1. The summed E-state index contributed by atoms with van der Waals surface area (Å²) in [6.45, 7) is 0. The first kappa shape index (κ1) is 10.3. The molecule has 2 aromatic rings. The number of carbonyl (C=O) groups is 1.